The number of nitrogens with zero attached hydrogens (tertiary/aromatic N) is 1. The van der Waals surface area contributed by atoms with Gasteiger partial charge in [0.05, 0.1) is 12.7 Å². The zero-order valence-corrected chi connectivity index (χ0v) is 14.0. The number of aliphatic hydroxyl groups excluding tert-OH is 1. The third-order valence-corrected chi connectivity index (χ3v) is 4.12. The van der Waals surface area contributed by atoms with Gasteiger partial charge < -0.3 is 9.84 Å². The number of ether oxygens (including phenoxy) is 1. The number of hydrogen-bond acceptors (Lipinski definition) is 4. The van der Waals surface area contributed by atoms with Crippen molar-refractivity contribution in [2.24, 2.45) is 5.92 Å². The van der Waals surface area contributed by atoms with Crippen LogP contribution in [0.3, 0.4) is 0 Å². The van der Waals surface area contributed by atoms with Gasteiger partial charge in [-0.15, -0.1) is 0 Å². The maximum Gasteiger partial charge on any atom is 0.0900 e. The Labute approximate surface area is 127 Å². The van der Waals surface area contributed by atoms with Crippen LogP contribution in [0.2, 0.25) is 0 Å². The van der Waals surface area contributed by atoms with Gasteiger partial charge in [0.1, 0.15) is 0 Å². The zero-order chi connectivity index (χ0) is 15.0. The number of rotatable bonds is 10. The van der Waals surface area contributed by atoms with E-state index in [2.05, 4.69) is 49.4 Å². The molecule has 1 aromatic rings. The van der Waals surface area contributed by atoms with Crippen LogP contribution in [-0.2, 0) is 11.3 Å². The first-order valence-electron chi connectivity index (χ1n) is 7.53. The Balaban J connectivity index is 2.43. The zero-order valence-electron chi connectivity index (χ0n) is 13.2. The molecule has 1 N–H and O–H groups in total. The van der Waals surface area contributed by atoms with Crippen molar-refractivity contribution in [1.82, 2.24) is 4.90 Å². The number of hydrogen-bond donors (Lipinski definition) is 1. The molecule has 0 bridgehead atoms. The second-order valence-electron chi connectivity index (χ2n) is 5.90. The predicted molar refractivity (Wildman–Crippen MR) is 86.1 cm³/mol. The van der Waals surface area contributed by atoms with E-state index < -0.39 is 6.10 Å². The molecule has 0 spiro atoms. The standard InChI is InChI=1S/C16H29NO2S/c1-5-14(4)17(8-15-6-7-20-12-15)9-16(18)11-19-10-13(2)3/h6-7,12-14,16,18H,5,8-11H2,1-4H3/t14-,16+/m1/s1. The predicted octanol–water partition coefficient (Wildman–Crippen LogP) is 3.38. The molecule has 0 unspecified atom stereocenters. The lowest BCUT2D eigenvalue weighted by Gasteiger charge is -2.30. The molecule has 0 fully saturated rings. The maximum absolute atomic E-state index is 10.1. The minimum atomic E-state index is -0.415. The van der Waals surface area contributed by atoms with Crippen LogP contribution in [0.5, 0.6) is 0 Å². The Bertz CT molecular complexity index is 340. The van der Waals surface area contributed by atoms with Gasteiger partial charge in [0.15, 0.2) is 0 Å². The first kappa shape index (κ1) is 17.6. The van der Waals surface area contributed by atoms with Gasteiger partial charge >= 0.3 is 0 Å². The molecule has 4 heteroatoms. The van der Waals surface area contributed by atoms with Crippen molar-refractivity contribution in [1.29, 1.82) is 0 Å². The van der Waals surface area contributed by atoms with E-state index in [1.165, 1.54) is 5.56 Å². The third kappa shape index (κ3) is 6.84. The van der Waals surface area contributed by atoms with Crippen molar-refractivity contribution in [2.75, 3.05) is 19.8 Å². The van der Waals surface area contributed by atoms with Gasteiger partial charge in [-0.3, -0.25) is 4.90 Å². The second-order valence-corrected chi connectivity index (χ2v) is 6.68. The first-order valence-corrected chi connectivity index (χ1v) is 8.48. The van der Waals surface area contributed by atoms with Crippen molar-refractivity contribution in [3.05, 3.63) is 22.4 Å². The monoisotopic (exact) mass is 299 g/mol. The van der Waals surface area contributed by atoms with Crippen molar-refractivity contribution in [2.45, 2.75) is 52.8 Å². The van der Waals surface area contributed by atoms with E-state index in [1.807, 2.05) is 0 Å². The minimum absolute atomic E-state index is 0.415. The number of thiophene rings is 1. The summed E-state index contributed by atoms with van der Waals surface area (Å²) in [5.74, 6) is 0.513. The summed E-state index contributed by atoms with van der Waals surface area (Å²) in [6.07, 6.45) is 0.672. The van der Waals surface area contributed by atoms with Gasteiger partial charge in [-0.1, -0.05) is 20.8 Å². The van der Waals surface area contributed by atoms with Gasteiger partial charge in [-0.2, -0.15) is 11.3 Å². The summed E-state index contributed by atoms with van der Waals surface area (Å²) < 4.78 is 5.53. The van der Waals surface area contributed by atoms with Crippen LogP contribution < -0.4 is 0 Å². The molecule has 0 aliphatic rings. The highest BCUT2D eigenvalue weighted by molar-refractivity contribution is 7.07. The molecule has 0 amide bonds. The number of aliphatic hydroxyl groups is 1. The van der Waals surface area contributed by atoms with Crippen LogP contribution in [0.15, 0.2) is 16.8 Å². The molecule has 0 aliphatic carbocycles. The summed E-state index contributed by atoms with van der Waals surface area (Å²) in [5, 5.41) is 14.4. The highest BCUT2D eigenvalue weighted by atomic mass is 32.1. The first-order chi connectivity index (χ1) is 9.52. The van der Waals surface area contributed by atoms with E-state index >= 15 is 0 Å². The van der Waals surface area contributed by atoms with E-state index in [9.17, 15) is 5.11 Å². The fraction of sp³-hybridized carbons (Fsp3) is 0.750. The van der Waals surface area contributed by atoms with Gasteiger partial charge in [0.25, 0.3) is 0 Å². The van der Waals surface area contributed by atoms with Crippen LogP contribution in [0.25, 0.3) is 0 Å². The summed E-state index contributed by atoms with van der Waals surface area (Å²) in [6, 6.07) is 2.62. The fourth-order valence-corrected chi connectivity index (χ4v) is 2.70. The van der Waals surface area contributed by atoms with Crippen LogP contribution in [0.4, 0.5) is 0 Å². The van der Waals surface area contributed by atoms with Gasteiger partial charge in [0.2, 0.25) is 0 Å². The van der Waals surface area contributed by atoms with E-state index in [1.54, 1.807) is 11.3 Å². The molecular formula is C16H29NO2S. The summed E-state index contributed by atoms with van der Waals surface area (Å²) in [7, 11) is 0. The van der Waals surface area contributed by atoms with Crippen molar-refractivity contribution in [3.8, 4) is 0 Å². The Kier molecular flexibility index (Phi) is 8.38. The third-order valence-electron chi connectivity index (χ3n) is 3.39. The van der Waals surface area contributed by atoms with E-state index in [0.717, 1.165) is 13.0 Å². The Morgan fingerprint density at radius 2 is 2.05 bits per heavy atom. The maximum atomic E-state index is 10.1. The quantitative estimate of drug-likeness (QED) is 0.719. The van der Waals surface area contributed by atoms with E-state index in [0.29, 0.717) is 31.7 Å². The molecule has 20 heavy (non-hydrogen) atoms. The van der Waals surface area contributed by atoms with Crippen molar-refractivity contribution < 1.29 is 9.84 Å². The molecule has 3 nitrogen and oxygen atoms in total. The molecule has 0 saturated heterocycles. The highest BCUT2D eigenvalue weighted by Crippen LogP contribution is 2.14. The average Bonchev–Trinajstić information content (AvgIpc) is 2.89. The minimum Gasteiger partial charge on any atom is -0.389 e. The van der Waals surface area contributed by atoms with Gasteiger partial charge in [0, 0.05) is 25.7 Å². The summed E-state index contributed by atoms with van der Waals surface area (Å²) >= 11 is 1.72. The molecular weight excluding hydrogens is 270 g/mol. The molecule has 1 aromatic heterocycles. The van der Waals surface area contributed by atoms with Crippen LogP contribution in [-0.4, -0.2) is 41.9 Å². The lowest BCUT2D eigenvalue weighted by atomic mass is 10.1. The van der Waals surface area contributed by atoms with Gasteiger partial charge in [-0.25, -0.2) is 0 Å². The molecule has 2 atom stereocenters. The molecule has 0 saturated carbocycles. The summed E-state index contributed by atoms with van der Waals surface area (Å²) in [4.78, 5) is 2.34. The molecule has 1 heterocycles. The highest BCUT2D eigenvalue weighted by Gasteiger charge is 2.17. The fourth-order valence-electron chi connectivity index (χ4n) is 2.04. The smallest absolute Gasteiger partial charge is 0.0900 e. The Morgan fingerprint density at radius 3 is 2.60 bits per heavy atom. The average molecular weight is 299 g/mol. The van der Waals surface area contributed by atoms with Crippen molar-refractivity contribution in [3.63, 3.8) is 0 Å². The van der Waals surface area contributed by atoms with Gasteiger partial charge in [-0.05, 0) is 41.7 Å². The topological polar surface area (TPSA) is 32.7 Å². The van der Waals surface area contributed by atoms with E-state index in [4.69, 9.17) is 4.74 Å². The van der Waals surface area contributed by atoms with E-state index in [-0.39, 0.29) is 0 Å². The van der Waals surface area contributed by atoms with Crippen LogP contribution >= 0.6 is 11.3 Å². The molecule has 0 aromatic carbocycles. The van der Waals surface area contributed by atoms with Crippen LogP contribution in [0, 0.1) is 5.92 Å². The summed E-state index contributed by atoms with van der Waals surface area (Å²) in [5.41, 5.74) is 1.32. The Hall–Kier alpha value is -0.420. The summed E-state index contributed by atoms with van der Waals surface area (Å²) in [6.45, 7) is 11.4. The second kappa shape index (κ2) is 9.50. The lowest BCUT2D eigenvalue weighted by molar-refractivity contribution is 0.000145. The lowest BCUT2D eigenvalue weighted by Crippen LogP contribution is -2.40. The van der Waals surface area contributed by atoms with Crippen molar-refractivity contribution >= 4 is 11.3 Å². The Morgan fingerprint density at radius 1 is 1.30 bits per heavy atom. The normalized spacial score (nSPS) is 14.9. The SMILES string of the molecule is CC[C@@H](C)N(Cc1ccsc1)C[C@H](O)COCC(C)C. The molecule has 0 radical (unpaired) electrons. The molecule has 116 valence electrons. The molecule has 1 rings (SSSR count). The van der Waals surface area contributed by atoms with Crippen LogP contribution in [0.1, 0.15) is 39.7 Å². The molecule has 0 aliphatic heterocycles. The largest absolute Gasteiger partial charge is 0.389 e.